The molecule has 100 valence electrons. The average molecular weight is 247 g/mol. The van der Waals surface area contributed by atoms with Crippen molar-refractivity contribution < 1.29 is 0 Å². The van der Waals surface area contributed by atoms with Gasteiger partial charge in [-0.1, -0.05) is 26.2 Å². The van der Waals surface area contributed by atoms with Crippen LogP contribution in [0.5, 0.6) is 0 Å². The third-order valence-electron chi connectivity index (χ3n) is 3.99. The van der Waals surface area contributed by atoms with Crippen molar-refractivity contribution in [1.29, 1.82) is 0 Å². The van der Waals surface area contributed by atoms with Crippen molar-refractivity contribution >= 4 is 0 Å². The molecule has 18 heavy (non-hydrogen) atoms. The van der Waals surface area contributed by atoms with Crippen molar-refractivity contribution in [3.8, 4) is 0 Å². The summed E-state index contributed by atoms with van der Waals surface area (Å²) >= 11 is 0. The molecule has 1 aliphatic carbocycles. The van der Waals surface area contributed by atoms with E-state index >= 15 is 0 Å². The molecule has 1 heterocycles. The van der Waals surface area contributed by atoms with Gasteiger partial charge in [0, 0.05) is 30.3 Å². The lowest BCUT2D eigenvalue weighted by atomic mass is 9.80. The Bertz CT molecular complexity index is 376. The molecule has 3 atom stereocenters. The molecule has 3 heteroatoms. The van der Waals surface area contributed by atoms with Crippen molar-refractivity contribution in [2.24, 2.45) is 11.7 Å². The van der Waals surface area contributed by atoms with E-state index in [1.54, 1.807) is 0 Å². The number of nitrogens with two attached hydrogens (primary N) is 1. The number of hydrogen-bond acceptors (Lipinski definition) is 3. The largest absolute Gasteiger partial charge is 0.328 e. The fraction of sp³-hybridized carbons (Fsp3) is 0.733. The second-order valence-electron chi connectivity index (χ2n) is 5.73. The van der Waals surface area contributed by atoms with Gasteiger partial charge in [0.25, 0.3) is 0 Å². The van der Waals surface area contributed by atoms with Crippen LogP contribution in [0.25, 0.3) is 0 Å². The van der Waals surface area contributed by atoms with Gasteiger partial charge in [0.15, 0.2) is 0 Å². The number of nitrogens with zero attached hydrogens (tertiary/aromatic N) is 2. The van der Waals surface area contributed by atoms with Gasteiger partial charge in [-0.25, -0.2) is 9.97 Å². The lowest BCUT2D eigenvalue weighted by Crippen LogP contribution is -2.20. The van der Waals surface area contributed by atoms with E-state index in [4.69, 9.17) is 10.7 Å². The first-order valence-electron chi connectivity index (χ1n) is 7.26. The molecule has 1 aromatic heterocycles. The molecule has 2 N–H and O–H groups in total. The maximum absolute atomic E-state index is 5.84. The third-order valence-corrected chi connectivity index (χ3v) is 3.99. The Morgan fingerprint density at radius 3 is 3.00 bits per heavy atom. The van der Waals surface area contributed by atoms with Crippen LogP contribution >= 0.6 is 0 Å². The summed E-state index contributed by atoms with van der Waals surface area (Å²) in [5.41, 5.74) is 6.93. The van der Waals surface area contributed by atoms with Gasteiger partial charge in [-0.05, 0) is 31.7 Å². The van der Waals surface area contributed by atoms with Crippen LogP contribution in [-0.4, -0.2) is 16.0 Å². The van der Waals surface area contributed by atoms with E-state index in [1.165, 1.54) is 32.1 Å². The zero-order chi connectivity index (χ0) is 13.0. The topological polar surface area (TPSA) is 51.8 Å². The van der Waals surface area contributed by atoms with Crippen molar-refractivity contribution in [2.75, 3.05) is 0 Å². The third kappa shape index (κ3) is 3.52. The maximum atomic E-state index is 5.84. The van der Waals surface area contributed by atoms with E-state index in [2.05, 4.69) is 11.9 Å². The van der Waals surface area contributed by atoms with Gasteiger partial charge >= 0.3 is 0 Å². The lowest BCUT2D eigenvalue weighted by Gasteiger charge is -2.27. The minimum Gasteiger partial charge on any atom is -0.328 e. The highest BCUT2D eigenvalue weighted by atomic mass is 14.9. The first kappa shape index (κ1) is 13.5. The Kier molecular flexibility index (Phi) is 4.70. The maximum Gasteiger partial charge on any atom is 0.131 e. The fourth-order valence-corrected chi connectivity index (χ4v) is 2.95. The molecule has 2 rings (SSSR count). The highest BCUT2D eigenvalue weighted by Crippen LogP contribution is 2.35. The van der Waals surface area contributed by atoms with Crippen molar-refractivity contribution in [3.05, 3.63) is 23.8 Å². The summed E-state index contributed by atoms with van der Waals surface area (Å²) in [7, 11) is 0. The molecule has 0 spiro atoms. The minimum atomic E-state index is 0.169. The quantitative estimate of drug-likeness (QED) is 0.889. The van der Waals surface area contributed by atoms with E-state index in [9.17, 15) is 0 Å². The molecule has 0 aromatic carbocycles. The monoisotopic (exact) mass is 247 g/mol. The number of hydrogen-bond donors (Lipinski definition) is 1. The molecule has 1 fully saturated rings. The molecule has 0 radical (unpaired) electrons. The Morgan fingerprint density at radius 2 is 2.28 bits per heavy atom. The molecule has 1 aromatic rings. The molecular formula is C15H25N3. The summed E-state index contributed by atoms with van der Waals surface area (Å²) in [5.74, 6) is 2.48. The van der Waals surface area contributed by atoms with Gasteiger partial charge in [0.2, 0.25) is 0 Å². The van der Waals surface area contributed by atoms with Crippen molar-refractivity contribution in [3.63, 3.8) is 0 Å². The van der Waals surface area contributed by atoms with Crippen molar-refractivity contribution in [2.45, 2.75) is 64.3 Å². The Labute approximate surface area is 110 Å². The Morgan fingerprint density at radius 1 is 1.44 bits per heavy atom. The van der Waals surface area contributed by atoms with Crippen LogP contribution in [0.15, 0.2) is 12.3 Å². The SMILES string of the molecule is CCC1CCCC(c2nccc(CC(C)N)n2)C1. The molecule has 0 aliphatic heterocycles. The average Bonchev–Trinajstić information content (AvgIpc) is 2.38. The standard InChI is InChI=1S/C15H25N3/c1-3-12-5-4-6-13(10-12)15-17-8-7-14(18-15)9-11(2)16/h7-8,11-13H,3-6,9-10,16H2,1-2H3. The summed E-state index contributed by atoms with van der Waals surface area (Å²) < 4.78 is 0. The lowest BCUT2D eigenvalue weighted by molar-refractivity contribution is 0.307. The first-order chi connectivity index (χ1) is 8.69. The van der Waals surface area contributed by atoms with E-state index in [0.717, 1.165) is 23.9 Å². The normalized spacial score (nSPS) is 25.9. The van der Waals surface area contributed by atoms with E-state index in [1.807, 2.05) is 19.2 Å². The van der Waals surface area contributed by atoms with Crippen LogP contribution in [0, 0.1) is 5.92 Å². The van der Waals surface area contributed by atoms with E-state index < -0.39 is 0 Å². The van der Waals surface area contributed by atoms with Gasteiger partial charge in [-0.2, -0.15) is 0 Å². The minimum absolute atomic E-state index is 0.169. The van der Waals surface area contributed by atoms with Crippen LogP contribution in [0.1, 0.15) is 63.4 Å². The Hall–Kier alpha value is -0.960. The molecule has 0 bridgehead atoms. The Balaban J connectivity index is 2.07. The first-order valence-corrected chi connectivity index (χ1v) is 7.26. The number of aromatic nitrogens is 2. The highest BCUT2D eigenvalue weighted by molar-refractivity contribution is 5.08. The number of rotatable bonds is 4. The molecule has 0 amide bonds. The zero-order valence-corrected chi connectivity index (χ0v) is 11.6. The predicted octanol–water partition coefficient (Wildman–Crippen LogP) is 3.05. The zero-order valence-electron chi connectivity index (χ0n) is 11.6. The van der Waals surface area contributed by atoms with Crippen LogP contribution in [0.3, 0.4) is 0 Å². The summed E-state index contributed by atoms with van der Waals surface area (Å²) in [6.07, 6.45) is 9.25. The molecule has 1 aliphatic rings. The smallest absolute Gasteiger partial charge is 0.131 e. The second kappa shape index (κ2) is 6.28. The molecule has 3 nitrogen and oxygen atoms in total. The predicted molar refractivity (Wildman–Crippen MR) is 74.4 cm³/mol. The van der Waals surface area contributed by atoms with Crippen LogP contribution in [0.2, 0.25) is 0 Å². The molecule has 1 saturated carbocycles. The van der Waals surface area contributed by atoms with Gasteiger partial charge in [0.05, 0.1) is 0 Å². The van der Waals surface area contributed by atoms with Crippen LogP contribution in [0.4, 0.5) is 0 Å². The van der Waals surface area contributed by atoms with Gasteiger partial charge < -0.3 is 5.73 Å². The fourth-order valence-electron chi connectivity index (χ4n) is 2.95. The van der Waals surface area contributed by atoms with Crippen LogP contribution in [-0.2, 0) is 6.42 Å². The molecule has 3 unspecified atom stereocenters. The van der Waals surface area contributed by atoms with Gasteiger partial charge in [-0.3, -0.25) is 0 Å². The van der Waals surface area contributed by atoms with Gasteiger partial charge in [-0.15, -0.1) is 0 Å². The summed E-state index contributed by atoms with van der Waals surface area (Å²) in [6, 6.07) is 2.16. The summed E-state index contributed by atoms with van der Waals surface area (Å²) in [4.78, 5) is 9.20. The van der Waals surface area contributed by atoms with E-state index in [-0.39, 0.29) is 6.04 Å². The van der Waals surface area contributed by atoms with Crippen LogP contribution < -0.4 is 5.73 Å². The van der Waals surface area contributed by atoms with Crippen molar-refractivity contribution in [1.82, 2.24) is 9.97 Å². The highest BCUT2D eigenvalue weighted by Gasteiger charge is 2.24. The summed E-state index contributed by atoms with van der Waals surface area (Å²) in [6.45, 7) is 4.32. The summed E-state index contributed by atoms with van der Waals surface area (Å²) in [5, 5.41) is 0. The van der Waals surface area contributed by atoms with Gasteiger partial charge in [0.1, 0.15) is 5.82 Å². The molecule has 0 saturated heterocycles. The second-order valence-corrected chi connectivity index (χ2v) is 5.73. The molecular weight excluding hydrogens is 222 g/mol. The van der Waals surface area contributed by atoms with E-state index in [0.29, 0.717) is 5.92 Å².